The van der Waals surface area contributed by atoms with Gasteiger partial charge in [-0.25, -0.2) is 9.78 Å². The van der Waals surface area contributed by atoms with E-state index in [0.717, 1.165) is 24.4 Å². The molecule has 1 N–H and O–H groups in total. The van der Waals surface area contributed by atoms with E-state index in [-0.39, 0.29) is 12.1 Å². The lowest BCUT2D eigenvalue weighted by molar-refractivity contribution is 0.187. The van der Waals surface area contributed by atoms with Gasteiger partial charge in [0.15, 0.2) is 5.76 Å². The molecule has 132 valence electrons. The Hall–Kier alpha value is -2.30. The number of hydrogen-bond donors (Lipinski definition) is 1. The minimum absolute atomic E-state index is 0.00533. The minimum atomic E-state index is -0.245. The molecule has 2 aliphatic carbocycles. The van der Waals surface area contributed by atoms with Crippen molar-refractivity contribution in [3.05, 3.63) is 42.4 Å². The Kier molecular flexibility index (Phi) is 4.47. The lowest BCUT2D eigenvalue weighted by Gasteiger charge is -2.24. The fourth-order valence-corrected chi connectivity index (χ4v) is 3.03. The SMILES string of the molecule is C[C@@H](NC(=O)N(CC1CC1)CC1CC1)c1ncc(-c2ccccc2)o1. The van der Waals surface area contributed by atoms with E-state index in [9.17, 15) is 4.79 Å². The molecule has 0 bridgehead atoms. The van der Waals surface area contributed by atoms with Crippen molar-refractivity contribution in [1.82, 2.24) is 15.2 Å². The van der Waals surface area contributed by atoms with Gasteiger partial charge in [0, 0.05) is 18.7 Å². The van der Waals surface area contributed by atoms with Crippen molar-refractivity contribution in [2.45, 2.75) is 38.6 Å². The molecule has 0 radical (unpaired) electrons. The van der Waals surface area contributed by atoms with E-state index in [1.54, 1.807) is 6.20 Å². The fourth-order valence-electron chi connectivity index (χ4n) is 3.03. The molecule has 2 aromatic rings. The third kappa shape index (κ3) is 4.21. The Balaban J connectivity index is 1.39. The van der Waals surface area contributed by atoms with E-state index < -0.39 is 0 Å². The van der Waals surface area contributed by atoms with Gasteiger partial charge in [0.25, 0.3) is 0 Å². The number of oxazole rings is 1. The molecule has 2 saturated carbocycles. The summed E-state index contributed by atoms with van der Waals surface area (Å²) >= 11 is 0. The quantitative estimate of drug-likeness (QED) is 0.821. The molecule has 0 saturated heterocycles. The molecule has 2 aliphatic rings. The molecule has 0 aliphatic heterocycles. The maximum Gasteiger partial charge on any atom is 0.318 e. The van der Waals surface area contributed by atoms with Crippen LogP contribution >= 0.6 is 0 Å². The number of carbonyl (C=O) groups is 1. The van der Waals surface area contributed by atoms with Crippen LogP contribution in [0.2, 0.25) is 0 Å². The van der Waals surface area contributed by atoms with Gasteiger partial charge >= 0.3 is 6.03 Å². The molecule has 0 unspecified atom stereocenters. The molecule has 1 aromatic carbocycles. The van der Waals surface area contributed by atoms with E-state index in [1.807, 2.05) is 42.2 Å². The van der Waals surface area contributed by atoms with Crippen LogP contribution < -0.4 is 5.32 Å². The van der Waals surface area contributed by atoms with Crippen LogP contribution in [0, 0.1) is 11.8 Å². The van der Waals surface area contributed by atoms with E-state index in [0.29, 0.717) is 17.7 Å². The summed E-state index contributed by atoms with van der Waals surface area (Å²) in [4.78, 5) is 19.0. The molecule has 0 spiro atoms. The molecule has 5 nitrogen and oxygen atoms in total. The lowest BCUT2D eigenvalue weighted by Crippen LogP contribution is -2.43. The van der Waals surface area contributed by atoms with Gasteiger partial charge in [0.2, 0.25) is 5.89 Å². The lowest BCUT2D eigenvalue weighted by atomic mass is 10.2. The first kappa shape index (κ1) is 16.2. The molecule has 25 heavy (non-hydrogen) atoms. The van der Waals surface area contributed by atoms with Crippen LogP contribution in [-0.4, -0.2) is 29.0 Å². The van der Waals surface area contributed by atoms with Crippen LogP contribution in [0.25, 0.3) is 11.3 Å². The largest absolute Gasteiger partial charge is 0.438 e. The molecular formula is C20H25N3O2. The molecule has 4 rings (SSSR count). The smallest absolute Gasteiger partial charge is 0.318 e. The highest BCUT2D eigenvalue weighted by Crippen LogP contribution is 2.34. The van der Waals surface area contributed by atoms with Crippen molar-refractivity contribution in [3.8, 4) is 11.3 Å². The van der Waals surface area contributed by atoms with Gasteiger partial charge < -0.3 is 14.6 Å². The van der Waals surface area contributed by atoms with E-state index in [1.165, 1.54) is 25.7 Å². The van der Waals surface area contributed by atoms with E-state index in [4.69, 9.17) is 4.42 Å². The van der Waals surface area contributed by atoms with Gasteiger partial charge in [-0.15, -0.1) is 0 Å². The normalized spacial score (nSPS) is 18.0. The third-order valence-electron chi connectivity index (χ3n) is 4.93. The van der Waals surface area contributed by atoms with Crippen molar-refractivity contribution in [2.24, 2.45) is 11.8 Å². The number of aromatic nitrogens is 1. The second-order valence-corrected chi connectivity index (χ2v) is 7.39. The topological polar surface area (TPSA) is 58.4 Å². The number of nitrogens with one attached hydrogen (secondary N) is 1. The fraction of sp³-hybridized carbons (Fsp3) is 0.500. The number of benzene rings is 1. The highest BCUT2D eigenvalue weighted by atomic mass is 16.4. The van der Waals surface area contributed by atoms with Crippen LogP contribution in [0.15, 0.2) is 40.9 Å². The first-order valence-corrected chi connectivity index (χ1v) is 9.25. The van der Waals surface area contributed by atoms with Crippen LogP contribution in [0.1, 0.15) is 44.5 Å². The first-order chi connectivity index (χ1) is 12.2. The maximum absolute atomic E-state index is 12.7. The summed E-state index contributed by atoms with van der Waals surface area (Å²) in [6.45, 7) is 3.69. The number of nitrogens with zero attached hydrogens (tertiary/aromatic N) is 2. The number of rotatable bonds is 7. The highest BCUT2D eigenvalue weighted by Gasteiger charge is 2.32. The van der Waals surface area contributed by atoms with Gasteiger partial charge in [0.1, 0.15) is 6.04 Å². The van der Waals surface area contributed by atoms with Crippen LogP contribution in [0.3, 0.4) is 0 Å². The summed E-state index contributed by atoms with van der Waals surface area (Å²) in [5.74, 6) is 2.67. The Labute approximate surface area is 148 Å². The van der Waals surface area contributed by atoms with Gasteiger partial charge in [-0.05, 0) is 44.4 Å². The second-order valence-electron chi connectivity index (χ2n) is 7.39. The molecule has 1 aromatic heterocycles. The summed E-state index contributed by atoms with van der Waals surface area (Å²) < 4.78 is 5.85. The Morgan fingerprint density at radius 3 is 2.44 bits per heavy atom. The summed E-state index contributed by atoms with van der Waals surface area (Å²) in [6, 6.07) is 9.64. The van der Waals surface area contributed by atoms with E-state index >= 15 is 0 Å². The summed E-state index contributed by atoms with van der Waals surface area (Å²) in [7, 11) is 0. The summed E-state index contributed by atoms with van der Waals surface area (Å²) in [6.07, 6.45) is 6.74. The van der Waals surface area contributed by atoms with Crippen LogP contribution in [0.4, 0.5) is 4.79 Å². The molecular weight excluding hydrogens is 314 g/mol. The zero-order valence-corrected chi connectivity index (χ0v) is 14.6. The molecule has 5 heteroatoms. The van der Waals surface area contributed by atoms with Crippen molar-refractivity contribution in [3.63, 3.8) is 0 Å². The van der Waals surface area contributed by atoms with Crippen LogP contribution in [0.5, 0.6) is 0 Å². The molecule has 1 atom stereocenters. The number of hydrogen-bond acceptors (Lipinski definition) is 3. The zero-order chi connectivity index (χ0) is 17.2. The third-order valence-corrected chi connectivity index (χ3v) is 4.93. The number of urea groups is 1. The molecule has 2 fully saturated rings. The van der Waals surface area contributed by atoms with Gasteiger partial charge in [-0.1, -0.05) is 30.3 Å². The molecule has 1 heterocycles. The molecule has 2 amide bonds. The monoisotopic (exact) mass is 339 g/mol. The van der Waals surface area contributed by atoms with Gasteiger partial charge in [-0.3, -0.25) is 0 Å². The first-order valence-electron chi connectivity index (χ1n) is 9.25. The predicted octanol–water partition coefficient (Wildman–Crippen LogP) is 4.23. The van der Waals surface area contributed by atoms with Crippen molar-refractivity contribution in [1.29, 1.82) is 0 Å². The Morgan fingerprint density at radius 2 is 1.84 bits per heavy atom. The average molecular weight is 339 g/mol. The maximum atomic E-state index is 12.7. The zero-order valence-electron chi connectivity index (χ0n) is 14.6. The number of amides is 2. The number of carbonyl (C=O) groups excluding carboxylic acids is 1. The standard InChI is InChI=1S/C20H25N3O2/c1-14(19-21-11-18(25-19)17-5-3-2-4-6-17)22-20(24)23(12-15-7-8-15)13-16-9-10-16/h2-6,11,14-16H,7-10,12-13H2,1H3,(H,22,24)/t14-/m1/s1. The van der Waals surface area contributed by atoms with Crippen molar-refractivity contribution >= 4 is 6.03 Å². The van der Waals surface area contributed by atoms with E-state index in [2.05, 4.69) is 10.3 Å². The second kappa shape index (κ2) is 6.90. The van der Waals surface area contributed by atoms with Crippen molar-refractivity contribution in [2.75, 3.05) is 13.1 Å². The summed E-state index contributed by atoms with van der Waals surface area (Å²) in [5, 5.41) is 3.06. The van der Waals surface area contributed by atoms with Gasteiger partial charge in [0.05, 0.1) is 6.20 Å². The highest BCUT2D eigenvalue weighted by molar-refractivity contribution is 5.74. The summed E-state index contributed by atoms with van der Waals surface area (Å²) in [5.41, 5.74) is 0.990. The minimum Gasteiger partial charge on any atom is -0.438 e. The Morgan fingerprint density at radius 1 is 1.20 bits per heavy atom. The predicted molar refractivity (Wildman–Crippen MR) is 95.9 cm³/mol. The van der Waals surface area contributed by atoms with Gasteiger partial charge in [-0.2, -0.15) is 0 Å². The average Bonchev–Trinajstić information content (AvgIpc) is 3.55. The van der Waals surface area contributed by atoms with Crippen LogP contribution in [-0.2, 0) is 0 Å². The van der Waals surface area contributed by atoms with Crippen molar-refractivity contribution < 1.29 is 9.21 Å². The Bertz CT molecular complexity index is 706.